The zero-order chi connectivity index (χ0) is 12.4. The fourth-order valence-electron chi connectivity index (χ4n) is 1.95. The summed E-state index contributed by atoms with van der Waals surface area (Å²) >= 11 is 7.67. The first-order valence-electron chi connectivity index (χ1n) is 5.72. The molecule has 90 valence electrons. The molecular weight excluding hydrogens is 250 g/mol. The number of halogens is 1. The molecule has 3 heteroatoms. The van der Waals surface area contributed by atoms with Crippen LogP contribution in [-0.2, 0) is 6.42 Å². The minimum atomic E-state index is -0.0673. The lowest BCUT2D eigenvalue weighted by atomic mass is 9.98. The van der Waals surface area contributed by atoms with Gasteiger partial charge in [-0.1, -0.05) is 42.8 Å². The summed E-state index contributed by atoms with van der Waals surface area (Å²) in [6.07, 6.45) is 1.00. The van der Waals surface area contributed by atoms with Crippen LogP contribution in [0.25, 0.3) is 0 Å². The SMILES string of the molecule is CCc1ccccc1C(N)c1cc(C)c(Cl)s1. The second-order valence-electron chi connectivity index (χ2n) is 4.14. The van der Waals surface area contributed by atoms with Gasteiger partial charge in [-0.05, 0) is 36.1 Å². The lowest BCUT2D eigenvalue weighted by Crippen LogP contribution is -2.12. The summed E-state index contributed by atoms with van der Waals surface area (Å²) in [4.78, 5) is 1.13. The van der Waals surface area contributed by atoms with Gasteiger partial charge in [0.05, 0.1) is 10.4 Å². The quantitative estimate of drug-likeness (QED) is 0.879. The third kappa shape index (κ3) is 2.54. The number of aryl methyl sites for hydroxylation is 2. The smallest absolute Gasteiger partial charge is 0.0961 e. The standard InChI is InChI=1S/C14H16ClNS/c1-3-10-6-4-5-7-11(10)13(16)12-8-9(2)14(15)17-12/h4-8,13H,3,16H2,1-2H3. The van der Waals surface area contributed by atoms with Crippen LogP contribution in [0.15, 0.2) is 30.3 Å². The zero-order valence-corrected chi connectivity index (χ0v) is 11.6. The van der Waals surface area contributed by atoms with Gasteiger partial charge < -0.3 is 5.73 Å². The summed E-state index contributed by atoms with van der Waals surface area (Å²) in [5.41, 5.74) is 9.94. The number of benzene rings is 1. The Balaban J connectivity index is 2.39. The predicted octanol–water partition coefficient (Wildman–Crippen LogP) is 4.32. The van der Waals surface area contributed by atoms with Crippen LogP contribution < -0.4 is 5.73 Å². The first kappa shape index (κ1) is 12.6. The summed E-state index contributed by atoms with van der Waals surface area (Å²) in [6.45, 7) is 4.17. The largest absolute Gasteiger partial charge is 0.320 e. The second-order valence-corrected chi connectivity index (χ2v) is 5.82. The van der Waals surface area contributed by atoms with Gasteiger partial charge in [-0.15, -0.1) is 11.3 Å². The Morgan fingerprint density at radius 3 is 2.65 bits per heavy atom. The van der Waals surface area contributed by atoms with Crippen LogP contribution in [0, 0.1) is 6.92 Å². The Bertz CT molecular complexity index is 499. The Hall–Kier alpha value is -0.830. The van der Waals surface area contributed by atoms with Gasteiger partial charge in [0.2, 0.25) is 0 Å². The fourth-order valence-corrected chi connectivity index (χ4v) is 3.19. The van der Waals surface area contributed by atoms with Gasteiger partial charge >= 0.3 is 0 Å². The maximum atomic E-state index is 6.33. The Labute approximate surface area is 111 Å². The maximum Gasteiger partial charge on any atom is 0.0961 e. The van der Waals surface area contributed by atoms with Crippen LogP contribution in [-0.4, -0.2) is 0 Å². The molecule has 2 N–H and O–H groups in total. The molecule has 0 aliphatic heterocycles. The second kappa shape index (κ2) is 5.21. The van der Waals surface area contributed by atoms with Crippen LogP contribution in [0.4, 0.5) is 0 Å². The zero-order valence-electron chi connectivity index (χ0n) is 10.0. The first-order chi connectivity index (χ1) is 8.13. The number of hydrogen-bond acceptors (Lipinski definition) is 2. The average molecular weight is 266 g/mol. The first-order valence-corrected chi connectivity index (χ1v) is 6.92. The van der Waals surface area contributed by atoms with Gasteiger partial charge in [-0.2, -0.15) is 0 Å². The normalized spacial score (nSPS) is 12.7. The molecule has 0 spiro atoms. The molecule has 0 saturated heterocycles. The Kier molecular flexibility index (Phi) is 3.87. The number of rotatable bonds is 3. The average Bonchev–Trinajstić information content (AvgIpc) is 2.68. The lowest BCUT2D eigenvalue weighted by molar-refractivity contribution is 0.868. The van der Waals surface area contributed by atoms with Crippen molar-refractivity contribution >= 4 is 22.9 Å². The summed E-state index contributed by atoms with van der Waals surface area (Å²) in [7, 11) is 0. The molecule has 0 bridgehead atoms. The highest BCUT2D eigenvalue weighted by molar-refractivity contribution is 7.16. The highest BCUT2D eigenvalue weighted by Gasteiger charge is 2.15. The monoisotopic (exact) mass is 265 g/mol. The predicted molar refractivity (Wildman–Crippen MR) is 75.9 cm³/mol. The molecule has 2 aromatic rings. The number of hydrogen-bond donors (Lipinski definition) is 1. The van der Waals surface area contributed by atoms with Gasteiger partial charge in [0, 0.05) is 4.88 Å². The van der Waals surface area contributed by atoms with E-state index in [-0.39, 0.29) is 6.04 Å². The minimum absolute atomic E-state index is 0.0673. The van der Waals surface area contributed by atoms with Gasteiger partial charge in [0.15, 0.2) is 0 Å². The third-order valence-corrected chi connectivity index (χ3v) is 4.59. The van der Waals surface area contributed by atoms with Crippen molar-refractivity contribution in [1.29, 1.82) is 0 Å². The Morgan fingerprint density at radius 1 is 1.35 bits per heavy atom. The minimum Gasteiger partial charge on any atom is -0.320 e. The molecule has 2 rings (SSSR count). The molecule has 0 fully saturated rings. The van der Waals surface area contributed by atoms with Crippen molar-refractivity contribution in [2.24, 2.45) is 5.73 Å². The van der Waals surface area contributed by atoms with E-state index in [0.29, 0.717) is 0 Å². The van der Waals surface area contributed by atoms with E-state index in [1.165, 1.54) is 11.1 Å². The molecule has 1 aromatic carbocycles. The molecule has 1 unspecified atom stereocenters. The highest BCUT2D eigenvalue weighted by Crippen LogP contribution is 2.33. The maximum absolute atomic E-state index is 6.33. The molecule has 1 aromatic heterocycles. The summed E-state index contributed by atoms with van der Waals surface area (Å²) < 4.78 is 0.837. The van der Waals surface area contributed by atoms with Gasteiger partial charge in [-0.25, -0.2) is 0 Å². The van der Waals surface area contributed by atoms with E-state index >= 15 is 0 Å². The van der Waals surface area contributed by atoms with Crippen LogP contribution >= 0.6 is 22.9 Å². The molecule has 0 aliphatic carbocycles. The van der Waals surface area contributed by atoms with E-state index < -0.39 is 0 Å². The number of nitrogens with two attached hydrogens (primary N) is 1. The van der Waals surface area contributed by atoms with Crippen molar-refractivity contribution in [3.63, 3.8) is 0 Å². The highest BCUT2D eigenvalue weighted by atomic mass is 35.5. The molecule has 1 nitrogen and oxygen atoms in total. The summed E-state index contributed by atoms with van der Waals surface area (Å²) in [5.74, 6) is 0. The van der Waals surface area contributed by atoms with Crippen LogP contribution in [0.2, 0.25) is 4.34 Å². The van der Waals surface area contributed by atoms with E-state index in [0.717, 1.165) is 21.2 Å². The van der Waals surface area contributed by atoms with Crippen molar-refractivity contribution in [1.82, 2.24) is 0 Å². The van der Waals surface area contributed by atoms with E-state index in [2.05, 4.69) is 31.2 Å². The Morgan fingerprint density at radius 2 is 2.06 bits per heavy atom. The molecule has 0 radical (unpaired) electrons. The van der Waals surface area contributed by atoms with Crippen LogP contribution in [0.1, 0.15) is 34.5 Å². The molecule has 0 aliphatic rings. The summed E-state index contributed by atoms with van der Waals surface area (Å²) in [5, 5.41) is 0. The fraction of sp³-hybridized carbons (Fsp3) is 0.286. The topological polar surface area (TPSA) is 26.0 Å². The van der Waals surface area contributed by atoms with Crippen LogP contribution in [0.5, 0.6) is 0 Å². The molecular formula is C14H16ClNS. The van der Waals surface area contributed by atoms with Gasteiger partial charge in [-0.3, -0.25) is 0 Å². The molecule has 0 saturated carbocycles. The molecule has 0 amide bonds. The van der Waals surface area contributed by atoms with E-state index in [4.69, 9.17) is 17.3 Å². The third-order valence-electron chi connectivity index (χ3n) is 2.95. The van der Waals surface area contributed by atoms with E-state index in [1.54, 1.807) is 11.3 Å². The van der Waals surface area contributed by atoms with E-state index in [9.17, 15) is 0 Å². The molecule has 1 atom stereocenters. The lowest BCUT2D eigenvalue weighted by Gasteiger charge is -2.14. The summed E-state index contributed by atoms with van der Waals surface area (Å²) in [6, 6.07) is 10.4. The van der Waals surface area contributed by atoms with Crippen LogP contribution in [0.3, 0.4) is 0 Å². The number of thiophene rings is 1. The van der Waals surface area contributed by atoms with Crippen molar-refractivity contribution in [3.05, 3.63) is 56.2 Å². The van der Waals surface area contributed by atoms with E-state index in [1.807, 2.05) is 13.0 Å². The van der Waals surface area contributed by atoms with Crippen molar-refractivity contribution in [2.75, 3.05) is 0 Å². The molecule has 17 heavy (non-hydrogen) atoms. The van der Waals surface area contributed by atoms with Crippen molar-refractivity contribution in [2.45, 2.75) is 26.3 Å². The van der Waals surface area contributed by atoms with Gasteiger partial charge in [0.25, 0.3) is 0 Å². The molecule has 1 heterocycles. The van der Waals surface area contributed by atoms with Crippen molar-refractivity contribution < 1.29 is 0 Å². The van der Waals surface area contributed by atoms with Gasteiger partial charge in [0.1, 0.15) is 0 Å². The van der Waals surface area contributed by atoms with Crippen molar-refractivity contribution in [3.8, 4) is 0 Å².